The lowest BCUT2D eigenvalue weighted by Gasteiger charge is -2.43. The van der Waals surface area contributed by atoms with Crippen molar-refractivity contribution in [3.63, 3.8) is 0 Å². The predicted octanol–water partition coefficient (Wildman–Crippen LogP) is 4.90. The summed E-state index contributed by atoms with van der Waals surface area (Å²) in [4.78, 5) is 35.2. The zero-order valence-electron chi connectivity index (χ0n) is 20.9. The molecule has 1 saturated heterocycles. The SMILES string of the molecule is CC(C)(O)c1ccc(CCC2(C3CCCC3)CC(=O)C(Cc3nc4ncc(Cl)cn4n3)C(=O)O2)cc1Cl. The summed E-state index contributed by atoms with van der Waals surface area (Å²) >= 11 is 12.4. The lowest BCUT2D eigenvalue weighted by molar-refractivity contribution is -0.185. The third kappa shape index (κ3) is 5.38. The molecule has 2 atom stereocenters. The van der Waals surface area contributed by atoms with Crippen LogP contribution in [0.4, 0.5) is 0 Å². The van der Waals surface area contributed by atoms with Crippen LogP contribution in [0.25, 0.3) is 5.78 Å². The second-order valence-electron chi connectivity index (χ2n) is 10.8. The number of benzene rings is 1. The van der Waals surface area contributed by atoms with Gasteiger partial charge in [-0.1, -0.05) is 48.2 Å². The molecule has 2 aromatic heterocycles. The Morgan fingerprint density at radius 1 is 1.22 bits per heavy atom. The van der Waals surface area contributed by atoms with E-state index in [9.17, 15) is 14.7 Å². The van der Waals surface area contributed by atoms with Crippen LogP contribution in [-0.4, -0.2) is 42.0 Å². The van der Waals surface area contributed by atoms with E-state index in [-0.39, 0.29) is 24.5 Å². The molecule has 37 heavy (non-hydrogen) atoms. The van der Waals surface area contributed by atoms with Crippen molar-refractivity contribution in [2.75, 3.05) is 0 Å². The molecule has 8 nitrogen and oxygen atoms in total. The van der Waals surface area contributed by atoms with Gasteiger partial charge in [-0.15, -0.1) is 5.10 Å². The van der Waals surface area contributed by atoms with Gasteiger partial charge >= 0.3 is 5.97 Å². The van der Waals surface area contributed by atoms with E-state index in [0.29, 0.717) is 40.1 Å². The third-order valence-corrected chi connectivity index (χ3v) is 8.18. The summed E-state index contributed by atoms with van der Waals surface area (Å²) in [7, 11) is 0. The number of hydrogen-bond acceptors (Lipinski definition) is 7. The molecule has 3 aromatic rings. The summed E-state index contributed by atoms with van der Waals surface area (Å²) in [6.45, 7) is 3.39. The molecule has 1 N–H and O–H groups in total. The first-order valence-electron chi connectivity index (χ1n) is 12.7. The molecule has 3 heterocycles. The lowest BCUT2D eigenvalue weighted by atomic mass is 9.73. The molecule has 1 aliphatic carbocycles. The van der Waals surface area contributed by atoms with E-state index in [2.05, 4.69) is 15.1 Å². The highest BCUT2D eigenvalue weighted by molar-refractivity contribution is 6.31. The number of cyclic esters (lactones) is 1. The van der Waals surface area contributed by atoms with Gasteiger partial charge in [0.05, 0.1) is 23.0 Å². The van der Waals surface area contributed by atoms with Gasteiger partial charge in [0.15, 0.2) is 11.6 Å². The highest BCUT2D eigenvalue weighted by atomic mass is 35.5. The molecule has 0 radical (unpaired) electrons. The van der Waals surface area contributed by atoms with Gasteiger partial charge in [-0.3, -0.25) is 9.59 Å². The maximum atomic E-state index is 13.4. The lowest BCUT2D eigenvalue weighted by Crippen LogP contribution is -2.52. The number of nitrogens with zero attached hydrogens (tertiary/aromatic N) is 4. The van der Waals surface area contributed by atoms with Crippen LogP contribution in [0.2, 0.25) is 10.0 Å². The normalized spacial score (nSPS) is 23.1. The Morgan fingerprint density at radius 3 is 2.65 bits per heavy atom. The molecule has 0 bridgehead atoms. The summed E-state index contributed by atoms with van der Waals surface area (Å²) in [5.41, 5.74) is -0.243. The molecule has 2 aliphatic rings. The van der Waals surface area contributed by atoms with Gasteiger partial charge in [-0.25, -0.2) is 9.50 Å². The van der Waals surface area contributed by atoms with Gasteiger partial charge < -0.3 is 9.84 Å². The summed E-state index contributed by atoms with van der Waals surface area (Å²) < 4.78 is 7.64. The number of carbonyl (C=O) groups excluding carboxylic acids is 2. The van der Waals surface area contributed by atoms with Crippen LogP contribution >= 0.6 is 23.2 Å². The van der Waals surface area contributed by atoms with Crippen molar-refractivity contribution < 1.29 is 19.4 Å². The molecular formula is C27H30Cl2N4O4. The standard InChI is InChI=1S/C27H30Cl2N4O4/c1-26(2,36)20-8-7-16(11-21(20)29)9-10-27(17-5-3-4-6-17)13-22(34)19(24(35)37-27)12-23-31-25-30-14-18(28)15-33(25)32-23/h7-8,11,14-15,17,19,36H,3-6,9-10,12-13H2,1-2H3. The van der Waals surface area contributed by atoms with Crippen molar-refractivity contribution in [1.82, 2.24) is 19.6 Å². The van der Waals surface area contributed by atoms with Gasteiger partial charge in [0.25, 0.3) is 5.78 Å². The second-order valence-corrected chi connectivity index (χ2v) is 11.6. The number of ether oxygens (including phenoxy) is 1. The van der Waals surface area contributed by atoms with Gasteiger partial charge in [-0.05, 0) is 57.1 Å². The number of fused-ring (bicyclic) bond motifs is 1. The minimum atomic E-state index is -1.04. The van der Waals surface area contributed by atoms with Crippen molar-refractivity contribution in [3.05, 3.63) is 57.6 Å². The van der Waals surface area contributed by atoms with Crippen LogP contribution in [0.5, 0.6) is 0 Å². The average Bonchev–Trinajstić information content (AvgIpc) is 3.49. The first-order chi connectivity index (χ1) is 17.5. The Hall–Kier alpha value is -2.55. The summed E-state index contributed by atoms with van der Waals surface area (Å²) in [5.74, 6) is -0.743. The molecule has 2 fully saturated rings. The second kappa shape index (κ2) is 9.97. The fourth-order valence-electron chi connectivity index (χ4n) is 5.71. The average molecular weight is 545 g/mol. The predicted molar refractivity (Wildman–Crippen MR) is 138 cm³/mol. The van der Waals surface area contributed by atoms with Crippen LogP contribution in [0.1, 0.15) is 69.3 Å². The number of carbonyl (C=O) groups is 2. The first kappa shape index (κ1) is 26.1. The van der Waals surface area contributed by atoms with E-state index in [1.165, 1.54) is 10.7 Å². The molecule has 5 rings (SSSR count). The topological polar surface area (TPSA) is 107 Å². The molecule has 196 valence electrons. The van der Waals surface area contributed by atoms with Crippen molar-refractivity contribution in [1.29, 1.82) is 0 Å². The van der Waals surface area contributed by atoms with E-state index >= 15 is 0 Å². The van der Waals surface area contributed by atoms with E-state index in [4.69, 9.17) is 27.9 Å². The highest BCUT2D eigenvalue weighted by Crippen LogP contribution is 2.45. The molecule has 1 aliphatic heterocycles. The molecule has 0 amide bonds. The van der Waals surface area contributed by atoms with Crippen molar-refractivity contribution in [2.24, 2.45) is 11.8 Å². The number of aliphatic hydroxyl groups is 1. The molecule has 1 saturated carbocycles. The molecule has 10 heteroatoms. The Morgan fingerprint density at radius 2 is 1.97 bits per heavy atom. The Labute approximate surface area is 225 Å². The van der Waals surface area contributed by atoms with E-state index in [1.54, 1.807) is 20.0 Å². The Kier molecular flexibility index (Phi) is 7.02. The fraction of sp³-hybridized carbons (Fsp3) is 0.519. The summed E-state index contributed by atoms with van der Waals surface area (Å²) in [6.07, 6.45) is 8.43. The number of halogens is 2. The molecule has 1 aromatic carbocycles. The number of aromatic nitrogens is 4. The molecule has 2 unspecified atom stereocenters. The zero-order chi connectivity index (χ0) is 26.4. The van der Waals surface area contributed by atoms with Gasteiger partial charge in [0.2, 0.25) is 0 Å². The number of Topliss-reactive ketones (excluding diaryl/α,β-unsaturated/α-hetero) is 1. The van der Waals surface area contributed by atoms with E-state index in [1.807, 2.05) is 18.2 Å². The minimum absolute atomic E-state index is 0.0629. The quantitative estimate of drug-likeness (QED) is 0.333. The van der Waals surface area contributed by atoms with Crippen LogP contribution in [0, 0.1) is 11.8 Å². The zero-order valence-corrected chi connectivity index (χ0v) is 22.4. The molecular weight excluding hydrogens is 515 g/mol. The number of hydrogen-bond donors (Lipinski definition) is 1. The maximum absolute atomic E-state index is 13.4. The van der Waals surface area contributed by atoms with E-state index in [0.717, 1.165) is 31.2 Å². The smallest absolute Gasteiger partial charge is 0.317 e. The number of ketones is 1. The van der Waals surface area contributed by atoms with Gasteiger partial charge in [0, 0.05) is 23.4 Å². The summed E-state index contributed by atoms with van der Waals surface area (Å²) in [5, 5.41) is 15.6. The Balaban J connectivity index is 1.34. The van der Waals surface area contributed by atoms with Crippen LogP contribution < -0.4 is 0 Å². The monoisotopic (exact) mass is 544 g/mol. The van der Waals surface area contributed by atoms with Crippen LogP contribution in [0.3, 0.4) is 0 Å². The molecule has 0 spiro atoms. The van der Waals surface area contributed by atoms with Crippen molar-refractivity contribution >= 4 is 40.7 Å². The van der Waals surface area contributed by atoms with Gasteiger partial charge in [-0.2, -0.15) is 4.98 Å². The first-order valence-corrected chi connectivity index (χ1v) is 13.4. The maximum Gasteiger partial charge on any atom is 0.317 e. The van der Waals surface area contributed by atoms with Gasteiger partial charge in [0.1, 0.15) is 11.5 Å². The van der Waals surface area contributed by atoms with E-state index < -0.39 is 23.1 Å². The van der Waals surface area contributed by atoms with Crippen LogP contribution in [0.15, 0.2) is 30.6 Å². The third-order valence-electron chi connectivity index (χ3n) is 7.67. The number of rotatable bonds is 7. The largest absolute Gasteiger partial charge is 0.458 e. The minimum Gasteiger partial charge on any atom is -0.458 e. The summed E-state index contributed by atoms with van der Waals surface area (Å²) in [6, 6.07) is 5.62. The number of esters is 1. The van der Waals surface area contributed by atoms with Crippen molar-refractivity contribution in [2.45, 2.75) is 76.4 Å². The fourth-order valence-corrected chi connectivity index (χ4v) is 6.29. The Bertz CT molecular complexity index is 1330. The van der Waals surface area contributed by atoms with Crippen molar-refractivity contribution in [3.8, 4) is 0 Å². The highest BCUT2D eigenvalue weighted by Gasteiger charge is 2.51. The van der Waals surface area contributed by atoms with Crippen LogP contribution in [-0.2, 0) is 32.8 Å². The number of aryl methyl sites for hydroxylation is 1.